The van der Waals surface area contributed by atoms with Gasteiger partial charge < -0.3 is 9.47 Å². The predicted octanol–water partition coefficient (Wildman–Crippen LogP) is 2.56. The molecule has 0 saturated carbocycles. The van der Waals surface area contributed by atoms with E-state index >= 15 is 0 Å². The van der Waals surface area contributed by atoms with Crippen LogP contribution in [0, 0.1) is 27.4 Å². The second-order valence-corrected chi connectivity index (χ2v) is 7.34. The van der Waals surface area contributed by atoms with Crippen molar-refractivity contribution in [2.45, 2.75) is 44.7 Å². The van der Waals surface area contributed by atoms with Crippen LogP contribution in [0.25, 0.3) is 0 Å². The van der Waals surface area contributed by atoms with Crippen LogP contribution in [0.5, 0.6) is 0 Å². The minimum atomic E-state index is -1.77. The molecular formula is C21H27N3O5. The Morgan fingerprint density at radius 3 is 3.07 bits per heavy atom. The Bertz CT molecular complexity index is 773. The molecule has 8 heteroatoms. The minimum Gasteiger partial charge on any atom is -0.353 e. The molecule has 29 heavy (non-hydrogen) atoms. The van der Waals surface area contributed by atoms with Gasteiger partial charge in [-0.05, 0) is 43.9 Å². The van der Waals surface area contributed by atoms with Crippen molar-refractivity contribution in [1.82, 2.24) is 5.32 Å². The molecule has 0 aliphatic carbocycles. The molecule has 0 radical (unpaired) electrons. The summed E-state index contributed by atoms with van der Waals surface area (Å²) in [6.45, 7) is 3.79. The standard InChI is InChI=1S/C21H27N3O5/c1-20(10-4-7-15-28-19-8-2-6-14-27-19)17-22-13-9-18(20)16-29-21(24(25)26)11-3-5-12-23-21/h3,5,9,11-13,19,23H,2,6-8,14-17H2,1H3. The van der Waals surface area contributed by atoms with E-state index in [2.05, 4.69) is 22.2 Å². The highest BCUT2D eigenvalue weighted by Crippen LogP contribution is 2.30. The zero-order valence-corrected chi connectivity index (χ0v) is 16.6. The molecule has 0 aromatic heterocycles. The summed E-state index contributed by atoms with van der Waals surface area (Å²) in [7, 11) is 0. The van der Waals surface area contributed by atoms with Gasteiger partial charge in [-0.15, -0.1) is 0 Å². The summed E-state index contributed by atoms with van der Waals surface area (Å²) in [4.78, 5) is 15.3. The summed E-state index contributed by atoms with van der Waals surface area (Å²) in [6, 6.07) is 0. The number of hydrogen-bond acceptors (Lipinski definition) is 7. The van der Waals surface area contributed by atoms with Gasteiger partial charge >= 0.3 is 5.85 Å². The molecule has 156 valence electrons. The zero-order valence-electron chi connectivity index (χ0n) is 16.6. The molecule has 0 spiro atoms. The number of nitrogens with zero attached hydrogens (tertiary/aromatic N) is 2. The first kappa shape index (κ1) is 21.2. The van der Waals surface area contributed by atoms with Crippen LogP contribution in [0.4, 0.5) is 0 Å². The largest absolute Gasteiger partial charge is 0.427 e. The lowest BCUT2D eigenvalue weighted by atomic mass is 9.81. The first-order chi connectivity index (χ1) is 14.0. The Labute approximate surface area is 170 Å². The normalized spacial score (nSPS) is 30.8. The van der Waals surface area contributed by atoms with Gasteiger partial charge in [0.1, 0.15) is 0 Å². The summed E-state index contributed by atoms with van der Waals surface area (Å²) < 4.78 is 16.9. The van der Waals surface area contributed by atoms with Crippen molar-refractivity contribution in [3.63, 3.8) is 0 Å². The molecule has 8 nitrogen and oxygen atoms in total. The molecule has 3 atom stereocenters. The monoisotopic (exact) mass is 401 g/mol. The van der Waals surface area contributed by atoms with Gasteiger partial charge in [-0.1, -0.05) is 17.9 Å². The zero-order chi connectivity index (χ0) is 20.6. The topological polar surface area (TPSA) is 95.2 Å². The van der Waals surface area contributed by atoms with E-state index in [0.717, 1.165) is 31.4 Å². The average Bonchev–Trinajstić information content (AvgIpc) is 2.74. The molecule has 1 fully saturated rings. The molecule has 0 bridgehead atoms. The van der Waals surface area contributed by atoms with Crippen molar-refractivity contribution >= 4 is 6.21 Å². The summed E-state index contributed by atoms with van der Waals surface area (Å²) in [6.07, 6.45) is 13.3. The maximum absolute atomic E-state index is 11.5. The first-order valence-corrected chi connectivity index (χ1v) is 9.87. The Balaban J connectivity index is 1.56. The van der Waals surface area contributed by atoms with Gasteiger partial charge in [0.05, 0.1) is 30.1 Å². The van der Waals surface area contributed by atoms with Crippen molar-refractivity contribution < 1.29 is 19.1 Å². The van der Waals surface area contributed by atoms with Crippen LogP contribution >= 0.6 is 0 Å². The lowest BCUT2D eigenvalue weighted by Gasteiger charge is -2.30. The Kier molecular flexibility index (Phi) is 7.20. The number of aliphatic imine (C=N–C) groups is 1. The van der Waals surface area contributed by atoms with Crippen LogP contribution < -0.4 is 5.32 Å². The third kappa shape index (κ3) is 5.54. The second kappa shape index (κ2) is 9.83. The highest BCUT2D eigenvalue weighted by atomic mass is 16.7. The van der Waals surface area contributed by atoms with Crippen molar-refractivity contribution in [3.8, 4) is 11.8 Å². The van der Waals surface area contributed by atoms with E-state index in [1.807, 2.05) is 13.0 Å². The first-order valence-electron chi connectivity index (χ1n) is 9.87. The third-order valence-corrected chi connectivity index (χ3v) is 5.07. The van der Waals surface area contributed by atoms with E-state index in [9.17, 15) is 10.1 Å². The van der Waals surface area contributed by atoms with Crippen molar-refractivity contribution in [2.24, 2.45) is 10.4 Å². The number of allylic oxidation sites excluding steroid dienone is 3. The molecule has 3 unspecified atom stereocenters. The maximum Gasteiger partial charge on any atom is 0.427 e. The van der Waals surface area contributed by atoms with Crippen LogP contribution in [0.3, 0.4) is 0 Å². The van der Waals surface area contributed by atoms with Crippen LogP contribution in [-0.4, -0.2) is 49.6 Å². The lowest BCUT2D eigenvalue weighted by molar-refractivity contribution is -0.619. The van der Waals surface area contributed by atoms with Crippen molar-refractivity contribution in [3.05, 3.63) is 46.2 Å². The minimum absolute atomic E-state index is 0.0653. The maximum atomic E-state index is 11.5. The van der Waals surface area contributed by atoms with E-state index in [0.29, 0.717) is 19.6 Å². The fraction of sp³-hybridized carbons (Fsp3) is 0.571. The highest BCUT2D eigenvalue weighted by Gasteiger charge is 2.43. The van der Waals surface area contributed by atoms with Gasteiger partial charge in [0.15, 0.2) is 6.29 Å². The van der Waals surface area contributed by atoms with E-state index in [-0.39, 0.29) is 12.9 Å². The van der Waals surface area contributed by atoms with E-state index in [1.165, 1.54) is 12.3 Å². The molecule has 0 aromatic rings. The number of nitrogens with one attached hydrogen (secondary N) is 1. The number of ether oxygens (including phenoxy) is 3. The van der Waals surface area contributed by atoms with Gasteiger partial charge in [0.2, 0.25) is 0 Å². The van der Waals surface area contributed by atoms with Crippen molar-refractivity contribution in [1.29, 1.82) is 0 Å². The van der Waals surface area contributed by atoms with Crippen LogP contribution in [0.15, 0.2) is 41.1 Å². The fourth-order valence-electron chi connectivity index (χ4n) is 3.23. The quantitative estimate of drug-likeness (QED) is 0.232. The van der Waals surface area contributed by atoms with E-state index < -0.39 is 16.2 Å². The molecule has 0 amide bonds. The fourth-order valence-corrected chi connectivity index (χ4v) is 3.23. The third-order valence-electron chi connectivity index (χ3n) is 5.07. The summed E-state index contributed by atoms with van der Waals surface area (Å²) >= 11 is 0. The smallest absolute Gasteiger partial charge is 0.353 e. The van der Waals surface area contributed by atoms with E-state index in [4.69, 9.17) is 14.2 Å². The van der Waals surface area contributed by atoms with Crippen LogP contribution in [0.2, 0.25) is 0 Å². The number of rotatable bonds is 7. The molecule has 3 aliphatic rings. The Morgan fingerprint density at radius 2 is 2.34 bits per heavy atom. The lowest BCUT2D eigenvalue weighted by Crippen LogP contribution is -2.52. The van der Waals surface area contributed by atoms with Gasteiger partial charge in [-0.25, -0.2) is 0 Å². The number of hydrogen-bond donors (Lipinski definition) is 1. The molecule has 3 rings (SSSR count). The number of nitro groups is 1. The molecule has 1 saturated heterocycles. The summed E-state index contributed by atoms with van der Waals surface area (Å²) in [5.74, 6) is 4.65. The highest BCUT2D eigenvalue weighted by molar-refractivity contribution is 5.74. The van der Waals surface area contributed by atoms with Gasteiger partial charge in [0.25, 0.3) is 0 Å². The second-order valence-electron chi connectivity index (χ2n) is 7.34. The molecule has 0 aromatic carbocycles. The molecule has 3 heterocycles. The van der Waals surface area contributed by atoms with Crippen LogP contribution in [-0.2, 0) is 14.2 Å². The van der Waals surface area contributed by atoms with Crippen LogP contribution in [0.1, 0.15) is 32.6 Å². The number of dihydropyridines is 2. The van der Waals surface area contributed by atoms with Gasteiger partial charge in [-0.2, -0.15) is 0 Å². The van der Waals surface area contributed by atoms with Gasteiger partial charge in [-0.3, -0.25) is 25.2 Å². The summed E-state index contributed by atoms with van der Waals surface area (Å²) in [5.41, 5.74) is 0.310. The average molecular weight is 401 g/mol. The SMILES string of the molecule is CC1(C#CCCOC2CCCCO2)CN=CC=C1COC1([N+](=O)[O-])C=CC=CN1. The molecule has 1 N–H and O–H groups in total. The molecule has 3 aliphatic heterocycles. The predicted molar refractivity (Wildman–Crippen MR) is 109 cm³/mol. The summed E-state index contributed by atoms with van der Waals surface area (Å²) in [5, 5.41) is 14.2. The Morgan fingerprint density at radius 1 is 1.45 bits per heavy atom. The van der Waals surface area contributed by atoms with E-state index in [1.54, 1.807) is 18.4 Å². The van der Waals surface area contributed by atoms with Crippen molar-refractivity contribution in [2.75, 3.05) is 26.4 Å². The Hall–Kier alpha value is -2.47. The molecular weight excluding hydrogens is 374 g/mol. The van der Waals surface area contributed by atoms with Gasteiger partial charge in [0, 0.05) is 31.5 Å².